The molecule has 2 aromatic carbocycles. The number of carbonyl (C=O) groups is 1. The van der Waals surface area contributed by atoms with Crippen LogP contribution in [0.1, 0.15) is 22.0 Å². The highest BCUT2D eigenvalue weighted by Gasteiger charge is 2.16. The van der Waals surface area contributed by atoms with E-state index >= 15 is 0 Å². The van der Waals surface area contributed by atoms with Crippen LogP contribution in [0.5, 0.6) is 0 Å². The molecule has 1 unspecified atom stereocenters. The third-order valence-electron chi connectivity index (χ3n) is 3.12. The first-order valence-corrected chi connectivity index (χ1v) is 6.92. The van der Waals surface area contributed by atoms with E-state index < -0.39 is 22.8 Å². The topological polar surface area (TPSA) is 92.5 Å². The molecule has 2 N–H and O–H groups in total. The molecule has 0 aliphatic heterocycles. The molecule has 0 fully saturated rings. The Balaban J connectivity index is 2.02. The van der Waals surface area contributed by atoms with Gasteiger partial charge in [0, 0.05) is 18.7 Å². The minimum absolute atomic E-state index is 0.0589. The van der Waals surface area contributed by atoms with Crippen LogP contribution < -0.4 is 5.32 Å². The average molecular weight is 339 g/mol. The van der Waals surface area contributed by atoms with Crippen LogP contribution in [0.4, 0.5) is 10.1 Å². The van der Waals surface area contributed by atoms with Gasteiger partial charge in [-0.1, -0.05) is 23.7 Å². The van der Waals surface area contributed by atoms with Crippen molar-refractivity contribution in [1.82, 2.24) is 5.32 Å². The van der Waals surface area contributed by atoms with Gasteiger partial charge in [0.2, 0.25) is 0 Å². The number of hydrogen-bond donors (Lipinski definition) is 2. The Labute approximate surface area is 135 Å². The summed E-state index contributed by atoms with van der Waals surface area (Å²) >= 11 is 5.85. The van der Waals surface area contributed by atoms with Gasteiger partial charge in [-0.05, 0) is 23.8 Å². The SMILES string of the molecule is O=C(NCC(O)c1ccc(F)cc1)c1ccc([N+](=O)[O-])cc1Cl. The summed E-state index contributed by atoms with van der Waals surface area (Å²) < 4.78 is 12.8. The summed E-state index contributed by atoms with van der Waals surface area (Å²) in [6.45, 7) is -0.113. The Hall–Kier alpha value is -2.51. The van der Waals surface area contributed by atoms with E-state index in [2.05, 4.69) is 5.32 Å². The van der Waals surface area contributed by atoms with Crippen molar-refractivity contribution in [3.05, 3.63) is 74.5 Å². The van der Waals surface area contributed by atoms with E-state index in [1.165, 1.54) is 30.3 Å². The summed E-state index contributed by atoms with van der Waals surface area (Å²) in [4.78, 5) is 22.0. The smallest absolute Gasteiger partial charge is 0.270 e. The van der Waals surface area contributed by atoms with Crippen LogP contribution in [0.15, 0.2) is 42.5 Å². The van der Waals surface area contributed by atoms with Gasteiger partial charge in [-0.15, -0.1) is 0 Å². The molecule has 0 aliphatic rings. The summed E-state index contributed by atoms with van der Waals surface area (Å²) in [6, 6.07) is 8.70. The third kappa shape index (κ3) is 4.24. The monoisotopic (exact) mass is 338 g/mol. The number of nitrogens with one attached hydrogen (secondary N) is 1. The Morgan fingerprint density at radius 1 is 1.30 bits per heavy atom. The normalized spacial score (nSPS) is 11.8. The van der Waals surface area contributed by atoms with E-state index in [1.54, 1.807) is 0 Å². The van der Waals surface area contributed by atoms with Gasteiger partial charge in [-0.25, -0.2) is 4.39 Å². The zero-order valence-electron chi connectivity index (χ0n) is 11.7. The van der Waals surface area contributed by atoms with Crippen LogP contribution in [-0.4, -0.2) is 22.5 Å². The molecule has 0 bridgehead atoms. The summed E-state index contributed by atoms with van der Waals surface area (Å²) in [5.74, 6) is -1.01. The molecule has 0 aromatic heterocycles. The number of nitrogens with zero attached hydrogens (tertiary/aromatic N) is 1. The first-order valence-electron chi connectivity index (χ1n) is 6.54. The van der Waals surface area contributed by atoms with Crippen molar-refractivity contribution in [3.8, 4) is 0 Å². The second-order valence-electron chi connectivity index (χ2n) is 4.70. The van der Waals surface area contributed by atoms with Gasteiger partial charge in [0.1, 0.15) is 5.82 Å². The predicted molar refractivity (Wildman–Crippen MR) is 81.8 cm³/mol. The molecule has 0 radical (unpaired) electrons. The van der Waals surface area contributed by atoms with Crippen molar-refractivity contribution in [3.63, 3.8) is 0 Å². The molecule has 0 saturated heterocycles. The molecule has 8 heteroatoms. The standard InChI is InChI=1S/C15H12ClFN2O4/c16-13-7-11(19(22)23)5-6-12(13)15(21)18-8-14(20)9-1-3-10(17)4-2-9/h1-7,14,20H,8H2,(H,18,21). The van der Waals surface area contributed by atoms with Crippen LogP contribution in [0.25, 0.3) is 0 Å². The molecule has 23 heavy (non-hydrogen) atoms. The lowest BCUT2D eigenvalue weighted by Crippen LogP contribution is -2.28. The number of benzene rings is 2. The van der Waals surface area contributed by atoms with Gasteiger partial charge in [-0.3, -0.25) is 14.9 Å². The predicted octanol–water partition coefficient (Wildman–Crippen LogP) is 2.85. The lowest BCUT2D eigenvalue weighted by atomic mass is 10.1. The maximum atomic E-state index is 12.8. The van der Waals surface area contributed by atoms with Gasteiger partial charge in [0.05, 0.1) is 21.6 Å². The summed E-state index contributed by atoms with van der Waals surface area (Å²) in [6.07, 6.45) is -1.02. The van der Waals surface area contributed by atoms with Crippen molar-refractivity contribution in [1.29, 1.82) is 0 Å². The second-order valence-corrected chi connectivity index (χ2v) is 5.11. The molecule has 2 aromatic rings. The highest BCUT2D eigenvalue weighted by atomic mass is 35.5. The zero-order valence-corrected chi connectivity index (χ0v) is 12.5. The number of aliphatic hydroxyl groups excluding tert-OH is 1. The first-order chi connectivity index (χ1) is 10.9. The molecule has 1 amide bonds. The molecule has 1 atom stereocenters. The number of aliphatic hydroxyl groups is 1. The number of rotatable bonds is 5. The zero-order chi connectivity index (χ0) is 17.0. The quantitative estimate of drug-likeness (QED) is 0.647. The van der Waals surface area contributed by atoms with Crippen molar-refractivity contribution in [2.45, 2.75) is 6.10 Å². The van der Waals surface area contributed by atoms with E-state index in [0.717, 1.165) is 12.1 Å². The number of hydrogen-bond acceptors (Lipinski definition) is 4. The third-order valence-corrected chi connectivity index (χ3v) is 3.43. The average Bonchev–Trinajstić information content (AvgIpc) is 2.52. The Bertz CT molecular complexity index is 737. The molecule has 0 aliphatic carbocycles. The molecule has 2 rings (SSSR count). The number of carbonyl (C=O) groups excluding carboxylic acids is 1. The lowest BCUT2D eigenvalue weighted by molar-refractivity contribution is -0.384. The molecular weight excluding hydrogens is 327 g/mol. The van der Waals surface area contributed by atoms with Gasteiger partial charge < -0.3 is 10.4 Å². The summed E-state index contributed by atoms with van der Waals surface area (Å²) in [5.41, 5.74) is 0.281. The number of non-ortho nitro benzene ring substituents is 1. The van der Waals surface area contributed by atoms with Crippen LogP contribution in [0, 0.1) is 15.9 Å². The molecule has 0 heterocycles. The molecular formula is C15H12ClFN2O4. The Morgan fingerprint density at radius 2 is 1.96 bits per heavy atom. The Kier molecular flexibility index (Phi) is 5.25. The van der Waals surface area contributed by atoms with Crippen molar-refractivity contribution >= 4 is 23.2 Å². The van der Waals surface area contributed by atoms with Crippen LogP contribution >= 0.6 is 11.6 Å². The fourth-order valence-electron chi connectivity index (χ4n) is 1.89. The molecule has 0 saturated carbocycles. The van der Waals surface area contributed by atoms with Crippen LogP contribution in [-0.2, 0) is 0 Å². The van der Waals surface area contributed by atoms with E-state index in [1.807, 2.05) is 0 Å². The Morgan fingerprint density at radius 3 is 2.52 bits per heavy atom. The largest absolute Gasteiger partial charge is 0.387 e. The minimum Gasteiger partial charge on any atom is -0.387 e. The number of nitro groups is 1. The summed E-state index contributed by atoms with van der Waals surface area (Å²) in [7, 11) is 0. The van der Waals surface area contributed by atoms with Crippen molar-refractivity contribution in [2.24, 2.45) is 0 Å². The highest BCUT2D eigenvalue weighted by molar-refractivity contribution is 6.34. The van der Waals surface area contributed by atoms with Gasteiger partial charge in [-0.2, -0.15) is 0 Å². The van der Waals surface area contributed by atoms with Crippen molar-refractivity contribution in [2.75, 3.05) is 6.54 Å². The second kappa shape index (κ2) is 7.17. The highest BCUT2D eigenvalue weighted by Crippen LogP contribution is 2.22. The molecule has 0 spiro atoms. The van der Waals surface area contributed by atoms with Crippen LogP contribution in [0.3, 0.4) is 0 Å². The number of amides is 1. The van der Waals surface area contributed by atoms with E-state index in [0.29, 0.717) is 5.56 Å². The van der Waals surface area contributed by atoms with E-state index in [4.69, 9.17) is 11.6 Å². The van der Waals surface area contributed by atoms with Gasteiger partial charge >= 0.3 is 0 Å². The molecule has 120 valence electrons. The number of nitro benzene ring substituents is 1. The maximum Gasteiger partial charge on any atom is 0.270 e. The van der Waals surface area contributed by atoms with Gasteiger partial charge in [0.25, 0.3) is 11.6 Å². The lowest BCUT2D eigenvalue weighted by Gasteiger charge is -2.12. The van der Waals surface area contributed by atoms with Gasteiger partial charge in [0.15, 0.2) is 0 Å². The van der Waals surface area contributed by atoms with E-state index in [-0.39, 0.29) is 22.8 Å². The number of halogens is 2. The first kappa shape index (κ1) is 16.9. The van der Waals surface area contributed by atoms with E-state index in [9.17, 15) is 24.4 Å². The molecule has 6 nitrogen and oxygen atoms in total. The maximum absolute atomic E-state index is 12.8. The van der Waals surface area contributed by atoms with Crippen molar-refractivity contribution < 1.29 is 19.2 Å². The fourth-order valence-corrected chi connectivity index (χ4v) is 2.15. The minimum atomic E-state index is -1.02. The summed E-state index contributed by atoms with van der Waals surface area (Å²) in [5, 5.41) is 23.0. The fraction of sp³-hybridized carbons (Fsp3) is 0.133. The van der Waals surface area contributed by atoms with Crippen LogP contribution in [0.2, 0.25) is 5.02 Å².